The van der Waals surface area contributed by atoms with Crippen LogP contribution in [-0.2, 0) is 30.2 Å². The number of ether oxygens (including phenoxy) is 4. The summed E-state index contributed by atoms with van der Waals surface area (Å²) in [5.41, 5.74) is 0.870. The molecule has 2 aliphatic heterocycles. The van der Waals surface area contributed by atoms with Crippen molar-refractivity contribution in [3.63, 3.8) is 0 Å². The Labute approximate surface area is 172 Å². The number of carbonyl (C=O) groups excluding carboxylic acids is 1. The number of nitrogens with zero attached hydrogens (tertiary/aromatic N) is 5. The fourth-order valence-electron chi connectivity index (χ4n) is 3.65. The second kappa shape index (κ2) is 7.75. The van der Waals surface area contributed by atoms with Gasteiger partial charge in [-0.15, -0.1) is 5.10 Å². The molecule has 2 fully saturated rings. The maximum Gasteiger partial charge on any atom is 0.302 e. The van der Waals surface area contributed by atoms with E-state index in [9.17, 15) is 4.79 Å². The van der Waals surface area contributed by atoms with Gasteiger partial charge < -0.3 is 18.9 Å². The second-order valence-corrected chi connectivity index (χ2v) is 8.03. The number of halogens is 1. The van der Waals surface area contributed by atoms with Crippen molar-refractivity contribution >= 4 is 28.7 Å². The van der Waals surface area contributed by atoms with Gasteiger partial charge in [0, 0.05) is 13.3 Å². The third-order valence-electron chi connectivity index (χ3n) is 4.90. The molecule has 0 unspecified atom stereocenters. The van der Waals surface area contributed by atoms with Gasteiger partial charge in [0.1, 0.15) is 30.7 Å². The zero-order chi connectivity index (χ0) is 20.8. The lowest BCUT2D eigenvalue weighted by molar-refractivity contribution is -0.203. The third kappa shape index (κ3) is 3.94. The Kier molecular flexibility index (Phi) is 5.45. The number of aromatic nitrogens is 5. The molecule has 0 radical (unpaired) electrons. The number of rotatable bonds is 6. The highest BCUT2D eigenvalue weighted by atomic mass is 35.5. The van der Waals surface area contributed by atoms with E-state index in [1.165, 1.54) is 6.92 Å². The van der Waals surface area contributed by atoms with Crippen molar-refractivity contribution in [1.82, 2.24) is 25.0 Å². The first kappa shape index (κ1) is 20.4. The van der Waals surface area contributed by atoms with E-state index in [4.69, 9.17) is 30.5 Å². The summed E-state index contributed by atoms with van der Waals surface area (Å²) in [6, 6.07) is 0. The molecule has 0 aromatic carbocycles. The van der Waals surface area contributed by atoms with Gasteiger partial charge in [0.2, 0.25) is 0 Å². The molecule has 0 amide bonds. The Balaban J connectivity index is 1.68. The molecule has 2 saturated heterocycles. The highest BCUT2D eigenvalue weighted by molar-refractivity contribution is 6.33. The lowest BCUT2D eigenvalue weighted by Crippen LogP contribution is -2.33. The lowest BCUT2D eigenvalue weighted by Gasteiger charge is -2.24. The average molecular weight is 426 g/mol. The van der Waals surface area contributed by atoms with Crippen molar-refractivity contribution in [2.45, 2.75) is 77.3 Å². The molecule has 2 aromatic rings. The van der Waals surface area contributed by atoms with Crippen LogP contribution in [0.4, 0.5) is 0 Å². The first-order valence-electron chi connectivity index (χ1n) is 9.71. The molecule has 4 rings (SSSR count). The SMILES string of the molecule is CCCCc1nc(Cl)c2nnn([C@@H]3O[C@H](COC(C)=O)[C@H]4OC(C)(C)O[C@H]43)c2n1. The number of carbonyl (C=O) groups is 1. The highest BCUT2D eigenvalue weighted by Crippen LogP contribution is 2.43. The smallest absolute Gasteiger partial charge is 0.302 e. The monoisotopic (exact) mass is 425 g/mol. The Bertz CT molecular complexity index is 919. The third-order valence-corrected chi connectivity index (χ3v) is 5.16. The molecule has 4 atom stereocenters. The number of aryl methyl sites for hydroxylation is 1. The van der Waals surface area contributed by atoms with E-state index in [1.54, 1.807) is 4.68 Å². The summed E-state index contributed by atoms with van der Waals surface area (Å²) in [6.07, 6.45) is 0.613. The molecular weight excluding hydrogens is 402 g/mol. The molecule has 0 N–H and O–H groups in total. The number of fused-ring (bicyclic) bond motifs is 2. The molecule has 158 valence electrons. The fourth-order valence-corrected chi connectivity index (χ4v) is 3.87. The highest BCUT2D eigenvalue weighted by Gasteiger charge is 2.57. The number of hydrogen-bond acceptors (Lipinski definition) is 9. The first-order valence-corrected chi connectivity index (χ1v) is 10.1. The standard InChI is InChI=1S/C18H24ClN5O5/c1-5-6-7-11-20-15(19)12-16(21-11)24(23-22-12)17-14-13(28-18(3,4)29-14)10(27-17)8-26-9(2)25/h10,13-14,17H,5-8H2,1-4H3/t10-,13-,14-,17-/m1/s1. The van der Waals surface area contributed by atoms with Gasteiger partial charge >= 0.3 is 5.97 Å². The summed E-state index contributed by atoms with van der Waals surface area (Å²) >= 11 is 6.31. The van der Waals surface area contributed by atoms with Crippen molar-refractivity contribution in [3.05, 3.63) is 11.0 Å². The van der Waals surface area contributed by atoms with E-state index in [-0.39, 0.29) is 11.8 Å². The van der Waals surface area contributed by atoms with Crippen molar-refractivity contribution in [1.29, 1.82) is 0 Å². The van der Waals surface area contributed by atoms with Crippen LogP contribution in [0, 0.1) is 0 Å². The van der Waals surface area contributed by atoms with Crippen molar-refractivity contribution in [3.8, 4) is 0 Å². The van der Waals surface area contributed by atoms with Gasteiger partial charge in [0.25, 0.3) is 0 Å². The molecule has 0 aliphatic carbocycles. The van der Waals surface area contributed by atoms with Crippen LogP contribution < -0.4 is 0 Å². The van der Waals surface area contributed by atoms with E-state index < -0.39 is 36.3 Å². The van der Waals surface area contributed by atoms with Gasteiger partial charge in [-0.25, -0.2) is 9.97 Å². The van der Waals surface area contributed by atoms with E-state index in [0.717, 1.165) is 12.8 Å². The zero-order valence-electron chi connectivity index (χ0n) is 16.8. The summed E-state index contributed by atoms with van der Waals surface area (Å²) in [4.78, 5) is 20.2. The summed E-state index contributed by atoms with van der Waals surface area (Å²) in [5.74, 6) is -0.567. The minimum atomic E-state index is -0.804. The summed E-state index contributed by atoms with van der Waals surface area (Å²) in [6.45, 7) is 7.15. The van der Waals surface area contributed by atoms with Gasteiger partial charge in [0.15, 0.2) is 28.3 Å². The summed E-state index contributed by atoms with van der Waals surface area (Å²) in [5, 5.41) is 8.59. The van der Waals surface area contributed by atoms with E-state index in [1.807, 2.05) is 13.8 Å². The van der Waals surface area contributed by atoms with Crippen LogP contribution in [0.25, 0.3) is 11.2 Å². The molecule has 4 heterocycles. The van der Waals surface area contributed by atoms with Crippen molar-refractivity contribution in [2.75, 3.05) is 6.61 Å². The topological polar surface area (TPSA) is 110 Å². The van der Waals surface area contributed by atoms with E-state index in [0.29, 0.717) is 23.4 Å². The Morgan fingerprint density at radius 3 is 2.76 bits per heavy atom. The molecule has 11 heteroatoms. The molecule has 0 saturated carbocycles. The molecule has 2 aliphatic rings. The minimum Gasteiger partial charge on any atom is -0.463 e. The molecule has 29 heavy (non-hydrogen) atoms. The summed E-state index contributed by atoms with van der Waals surface area (Å²) in [7, 11) is 0. The maximum atomic E-state index is 11.3. The van der Waals surface area contributed by atoms with Gasteiger partial charge in [-0.3, -0.25) is 4.79 Å². The summed E-state index contributed by atoms with van der Waals surface area (Å²) < 4.78 is 24.9. The van der Waals surface area contributed by atoms with Gasteiger partial charge in [-0.05, 0) is 20.3 Å². The Morgan fingerprint density at radius 2 is 2.03 bits per heavy atom. The average Bonchev–Trinajstić information content (AvgIpc) is 3.29. The van der Waals surface area contributed by atoms with E-state index in [2.05, 4.69) is 27.2 Å². The van der Waals surface area contributed by atoms with Crippen LogP contribution in [-0.4, -0.2) is 61.6 Å². The molecule has 0 bridgehead atoms. The zero-order valence-corrected chi connectivity index (χ0v) is 17.5. The van der Waals surface area contributed by atoms with Gasteiger partial charge in [-0.2, -0.15) is 4.68 Å². The predicted molar refractivity (Wildman–Crippen MR) is 101 cm³/mol. The largest absolute Gasteiger partial charge is 0.463 e. The van der Waals surface area contributed by atoms with E-state index >= 15 is 0 Å². The van der Waals surface area contributed by atoms with Gasteiger partial charge in [0.05, 0.1) is 0 Å². The maximum absolute atomic E-state index is 11.3. The van der Waals surface area contributed by atoms with Crippen LogP contribution in [0.5, 0.6) is 0 Å². The molecule has 10 nitrogen and oxygen atoms in total. The lowest BCUT2D eigenvalue weighted by atomic mass is 10.1. The Hall–Kier alpha value is -1.88. The van der Waals surface area contributed by atoms with Crippen molar-refractivity contribution < 1.29 is 23.7 Å². The van der Waals surface area contributed by atoms with Crippen LogP contribution in [0.1, 0.15) is 52.6 Å². The number of unbranched alkanes of at least 4 members (excludes halogenated alkanes) is 1. The number of hydrogen-bond donors (Lipinski definition) is 0. The molecule has 0 spiro atoms. The Morgan fingerprint density at radius 1 is 1.28 bits per heavy atom. The van der Waals surface area contributed by atoms with Crippen LogP contribution >= 0.6 is 11.6 Å². The predicted octanol–water partition coefficient (Wildman–Crippen LogP) is 2.20. The minimum absolute atomic E-state index is 0.0521. The number of esters is 1. The van der Waals surface area contributed by atoms with Crippen LogP contribution in [0.2, 0.25) is 5.15 Å². The fraction of sp³-hybridized carbons (Fsp3) is 0.722. The quantitative estimate of drug-likeness (QED) is 0.507. The van der Waals surface area contributed by atoms with Crippen LogP contribution in [0.15, 0.2) is 0 Å². The van der Waals surface area contributed by atoms with Crippen molar-refractivity contribution in [2.24, 2.45) is 0 Å². The van der Waals surface area contributed by atoms with Crippen LogP contribution in [0.3, 0.4) is 0 Å². The normalized spacial score (nSPS) is 28.0. The molecular formula is C18H24ClN5O5. The second-order valence-electron chi connectivity index (χ2n) is 7.67. The van der Waals surface area contributed by atoms with Gasteiger partial charge in [-0.1, -0.05) is 30.2 Å². The molecule has 2 aromatic heterocycles. The first-order chi connectivity index (χ1) is 13.8.